The fourth-order valence-electron chi connectivity index (χ4n) is 1.83. The number of hydrazine groups is 1. The van der Waals surface area contributed by atoms with Crippen molar-refractivity contribution in [2.24, 2.45) is 0 Å². The van der Waals surface area contributed by atoms with Crippen molar-refractivity contribution in [2.45, 2.75) is 45.1 Å². The number of carboxylic acids is 1. The van der Waals surface area contributed by atoms with Crippen LogP contribution in [0.4, 0.5) is 0 Å². The maximum atomic E-state index is 11.5. The Morgan fingerprint density at radius 2 is 1.86 bits per heavy atom. The molecule has 0 aliphatic heterocycles. The Bertz CT molecular complexity index is 459. The molecule has 1 aromatic carbocycles. The molecule has 0 aliphatic carbocycles. The molecule has 6 nitrogen and oxygen atoms in total. The van der Waals surface area contributed by atoms with E-state index in [1.807, 2.05) is 6.92 Å². The third kappa shape index (κ3) is 6.76. The number of carbonyl (C=O) groups excluding carboxylic acids is 1. The van der Waals surface area contributed by atoms with E-state index in [0.29, 0.717) is 6.42 Å². The smallest absolute Gasteiger partial charge is 0.322 e. The Balaban J connectivity index is 2.45. The first kappa shape index (κ1) is 17.0. The fourth-order valence-corrected chi connectivity index (χ4v) is 1.83. The van der Waals surface area contributed by atoms with Crippen LogP contribution in [0.15, 0.2) is 24.3 Å². The van der Waals surface area contributed by atoms with Gasteiger partial charge in [0.05, 0.1) is 0 Å². The molecule has 4 N–H and O–H groups in total. The standard InChI is InChI=1S/C15H22N2O4/c1-2-3-4-5-14(19)17-16-13(15(20)21)10-11-6-8-12(18)9-7-11/h6-9,13,16,18H,2-5,10H2,1H3,(H,17,19)(H,20,21)/t13-/m0/s1. The van der Waals surface area contributed by atoms with Gasteiger partial charge >= 0.3 is 5.97 Å². The number of phenols is 1. The van der Waals surface area contributed by atoms with Gasteiger partial charge in [-0.15, -0.1) is 0 Å². The maximum absolute atomic E-state index is 11.5. The Morgan fingerprint density at radius 3 is 2.43 bits per heavy atom. The highest BCUT2D eigenvalue weighted by molar-refractivity contribution is 5.77. The van der Waals surface area contributed by atoms with Gasteiger partial charge < -0.3 is 10.2 Å². The number of carbonyl (C=O) groups is 2. The van der Waals surface area contributed by atoms with Crippen LogP contribution in [0.25, 0.3) is 0 Å². The molecule has 6 heteroatoms. The lowest BCUT2D eigenvalue weighted by Gasteiger charge is -2.15. The third-order valence-electron chi connectivity index (χ3n) is 3.07. The highest BCUT2D eigenvalue weighted by atomic mass is 16.4. The predicted molar refractivity (Wildman–Crippen MR) is 78.7 cm³/mol. The van der Waals surface area contributed by atoms with Crippen molar-refractivity contribution in [1.29, 1.82) is 0 Å². The van der Waals surface area contributed by atoms with Crippen LogP contribution in [0.2, 0.25) is 0 Å². The van der Waals surface area contributed by atoms with E-state index in [1.165, 1.54) is 12.1 Å². The molecule has 0 spiro atoms. The Kier molecular flexibility index (Phi) is 7.25. The topological polar surface area (TPSA) is 98.7 Å². The maximum Gasteiger partial charge on any atom is 0.322 e. The van der Waals surface area contributed by atoms with Gasteiger partial charge in [-0.05, 0) is 24.1 Å². The minimum atomic E-state index is -1.04. The molecule has 116 valence electrons. The number of carboxylic acid groups (broad SMARTS) is 1. The lowest BCUT2D eigenvalue weighted by molar-refractivity contribution is -0.140. The number of unbranched alkanes of at least 4 members (excludes halogenated alkanes) is 2. The van der Waals surface area contributed by atoms with E-state index < -0.39 is 12.0 Å². The number of benzene rings is 1. The van der Waals surface area contributed by atoms with E-state index in [2.05, 4.69) is 10.9 Å². The Morgan fingerprint density at radius 1 is 1.19 bits per heavy atom. The third-order valence-corrected chi connectivity index (χ3v) is 3.07. The van der Waals surface area contributed by atoms with E-state index in [-0.39, 0.29) is 18.1 Å². The summed E-state index contributed by atoms with van der Waals surface area (Å²) in [7, 11) is 0. The average molecular weight is 294 g/mol. The van der Waals surface area contributed by atoms with Gasteiger partial charge in [-0.25, -0.2) is 5.43 Å². The van der Waals surface area contributed by atoms with E-state index in [0.717, 1.165) is 24.8 Å². The van der Waals surface area contributed by atoms with Crippen molar-refractivity contribution in [1.82, 2.24) is 10.9 Å². The molecule has 0 radical (unpaired) electrons. The van der Waals surface area contributed by atoms with Gasteiger partial charge in [-0.3, -0.25) is 15.0 Å². The number of hydrogen-bond acceptors (Lipinski definition) is 4. The molecule has 0 unspecified atom stereocenters. The highest BCUT2D eigenvalue weighted by Gasteiger charge is 2.18. The second kappa shape index (κ2) is 8.97. The Hall–Kier alpha value is -2.08. The van der Waals surface area contributed by atoms with Crippen LogP contribution >= 0.6 is 0 Å². The zero-order valence-corrected chi connectivity index (χ0v) is 12.1. The molecule has 0 saturated heterocycles. The number of hydrogen-bond donors (Lipinski definition) is 4. The molecule has 1 atom stereocenters. The SMILES string of the molecule is CCCCCC(=O)NN[C@@H](Cc1ccc(O)cc1)C(=O)O. The molecule has 0 heterocycles. The zero-order chi connectivity index (χ0) is 15.7. The molecule has 1 aromatic rings. The fraction of sp³-hybridized carbons (Fsp3) is 0.467. The first-order chi connectivity index (χ1) is 10.0. The van der Waals surface area contributed by atoms with E-state index in [1.54, 1.807) is 12.1 Å². The van der Waals surface area contributed by atoms with Crippen molar-refractivity contribution < 1.29 is 19.8 Å². The van der Waals surface area contributed by atoms with Gasteiger partial charge in [0, 0.05) is 12.8 Å². The van der Waals surface area contributed by atoms with Gasteiger partial charge in [-0.1, -0.05) is 31.9 Å². The first-order valence-electron chi connectivity index (χ1n) is 7.08. The normalized spacial score (nSPS) is 11.9. The van der Waals surface area contributed by atoms with Crippen LogP contribution in [-0.4, -0.2) is 28.1 Å². The number of aliphatic carboxylic acids is 1. The van der Waals surface area contributed by atoms with Crippen molar-refractivity contribution in [3.05, 3.63) is 29.8 Å². The second-order valence-corrected chi connectivity index (χ2v) is 4.91. The van der Waals surface area contributed by atoms with Gasteiger partial charge in [-0.2, -0.15) is 0 Å². The summed E-state index contributed by atoms with van der Waals surface area (Å²) in [6.07, 6.45) is 3.39. The van der Waals surface area contributed by atoms with Crippen LogP contribution in [0, 0.1) is 0 Å². The van der Waals surface area contributed by atoms with Crippen LogP contribution in [0.5, 0.6) is 5.75 Å². The van der Waals surface area contributed by atoms with E-state index >= 15 is 0 Å². The molecular weight excluding hydrogens is 272 g/mol. The quantitative estimate of drug-likeness (QED) is 0.409. The van der Waals surface area contributed by atoms with Gasteiger partial charge in [0.25, 0.3) is 0 Å². The average Bonchev–Trinajstić information content (AvgIpc) is 2.45. The monoisotopic (exact) mass is 294 g/mol. The number of nitrogens with one attached hydrogen (secondary N) is 2. The second-order valence-electron chi connectivity index (χ2n) is 4.91. The van der Waals surface area contributed by atoms with Crippen molar-refractivity contribution >= 4 is 11.9 Å². The van der Waals surface area contributed by atoms with Gasteiger partial charge in [0.15, 0.2) is 0 Å². The summed E-state index contributed by atoms with van der Waals surface area (Å²) in [5.74, 6) is -1.12. The predicted octanol–water partition coefficient (Wildman–Crippen LogP) is 1.59. The number of phenolic OH excluding ortho intramolecular Hbond substituents is 1. The van der Waals surface area contributed by atoms with Crippen molar-refractivity contribution in [2.75, 3.05) is 0 Å². The first-order valence-corrected chi connectivity index (χ1v) is 7.08. The van der Waals surface area contributed by atoms with E-state index in [4.69, 9.17) is 5.11 Å². The molecule has 1 rings (SSSR count). The lowest BCUT2D eigenvalue weighted by atomic mass is 10.1. The highest BCUT2D eigenvalue weighted by Crippen LogP contribution is 2.11. The number of rotatable bonds is 9. The van der Waals surface area contributed by atoms with E-state index in [9.17, 15) is 14.7 Å². The van der Waals surface area contributed by atoms with Crippen LogP contribution in [0.3, 0.4) is 0 Å². The molecule has 0 saturated carbocycles. The summed E-state index contributed by atoms with van der Waals surface area (Å²) in [5.41, 5.74) is 5.74. The van der Waals surface area contributed by atoms with Crippen LogP contribution in [-0.2, 0) is 16.0 Å². The number of aromatic hydroxyl groups is 1. The van der Waals surface area contributed by atoms with Crippen LogP contribution < -0.4 is 10.9 Å². The molecule has 0 fully saturated rings. The summed E-state index contributed by atoms with van der Waals surface area (Å²) >= 11 is 0. The number of amides is 1. The van der Waals surface area contributed by atoms with Gasteiger partial charge in [0.2, 0.25) is 5.91 Å². The largest absolute Gasteiger partial charge is 0.508 e. The molecule has 0 bridgehead atoms. The molecule has 21 heavy (non-hydrogen) atoms. The summed E-state index contributed by atoms with van der Waals surface area (Å²) in [5, 5.41) is 18.3. The molecular formula is C15H22N2O4. The van der Waals surface area contributed by atoms with Crippen molar-refractivity contribution in [3.63, 3.8) is 0 Å². The van der Waals surface area contributed by atoms with Gasteiger partial charge in [0.1, 0.15) is 11.8 Å². The molecule has 1 amide bonds. The summed E-state index contributed by atoms with van der Waals surface area (Å²) < 4.78 is 0. The Labute approximate surface area is 124 Å². The zero-order valence-electron chi connectivity index (χ0n) is 12.1. The summed E-state index contributed by atoms with van der Waals surface area (Å²) in [6.45, 7) is 2.05. The lowest BCUT2D eigenvalue weighted by Crippen LogP contribution is -2.49. The molecule has 0 aromatic heterocycles. The van der Waals surface area contributed by atoms with Crippen LogP contribution in [0.1, 0.15) is 38.2 Å². The summed E-state index contributed by atoms with van der Waals surface area (Å²) in [4.78, 5) is 22.7. The summed E-state index contributed by atoms with van der Waals surface area (Å²) in [6, 6.07) is 5.38. The minimum absolute atomic E-state index is 0.128. The minimum Gasteiger partial charge on any atom is -0.508 e. The molecule has 0 aliphatic rings. The van der Waals surface area contributed by atoms with Crippen molar-refractivity contribution in [3.8, 4) is 5.75 Å².